The van der Waals surface area contributed by atoms with Crippen LogP contribution in [0.5, 0.6) is 0 Å². The minimum Gasteiger partial charge on any atom is -0.462 e. The Balaban J connectivity index is 2.40. The first-order valence-electron chi connectivity index (χ1n) is 6.78. The monoisotopic (exact) mass is 335 g/mol. The molecule has 2 heterocycles. The van der Waals surface area contributed by atoms with Crippen molar-refractivity contribution >= 4 is 28.2 Å². The molecule has 3 rings (SSSR count). The third kappa shape index (κ3) is 2.63. The highest BCUT2D eigenvalue weighted by atomic mass is 32.1. The van der Waals surface area contributed by atoms with Crippen LogP contribution in [-0.2, 0) is 4.74 Å². The number of carbonyl (C=O) groups excluding carboxylic acids is 1. The first kappa shape index (κ1) is 15.4. The molecule has 0 bridgehead atoms. The lowest BCUT2D eigenvalue weighted by atomic mass is 10.1. The first-order chi connectivity index (χ1) is 11.0. The number of halogens is 2. The van der Waals surface area contributed by atoms with E-state index in [0.29, 0.717) is 5.00 Å². The van der Waals surface area contributed by atoms with Gasteiger partial charge in [-0.25, -0.2) is 13.6 Å². The molecule has 0 unspecified atom stereocenters. The summed E-state index contributed by atoms with van der Waals surface area (Å²) in [4.78, 5) is 24.4. The zero-order valence-corrected chi connectivity index (χ0v) is 12.8. The zero-order chi connectivity index (χ0) is 16.6. The van der Waals surface area contributed by atoms with Gasteiger partial charge >= 0.3 is 5.97 Å². The molecule has 0 amide bonds. The smallest absolute Gasteiger partial charge is 0.343 e. The standard InChI is InChI=1S/C16H11F2NO3S/c1-2-22-16(21)10-8-19(14-4-3-5-23-14)13-7-12(18)11(17)6-9(13)15(10)20/h3-8H,2H2,1H3. The second-order valence-corrected chi connectivity index (χ2v) is 5.62. The molecular formula is C16H11F2NO3S. The molecule has 23 heavy (non-hydrogen) atoms. The molecule has 0 N–H and O–H groups in total. The molecule has 0 aliphatic rings. The Morgan fingerprint density at radius 2 is 2.04 bits per heavy atom. The number of hydrogen-bond donors (Lipinski definition) is 0. The second kappa shape index (κ2) is 5.92. The topological polar surface area (TPSA) is 48.3 Å². The van der Waals surface area contributed by atoms with E-state index in [-0.39, 0.29) is 23.1 Å². The van der Waals surface area contributed by atoms with Gasteiger partial charge in [-0.1, -0.05) is 0 Å². The van der Waals surface area contributed by atoms with Crippen LogP contribution in [-0.4, -0.2) is 17.1 Å². The van der Waals surface area contributed by atoms with E-state index in [1.807, 2.05) is 0 Å². The Labute approximate surface area is 133 Å². The highest BCUT2D eigenvalue weighted by Crippen LogP contribution is 2.23. The van der Waals surface area contributed by atoms with Crippen molar-refractivity contribution in [2.45, 2.75) is 6.92 Å². The average molecular weight is 335 g/mol. The third-order valence-corrected chi connectivity index (χ3v) is 4.15. The summed E-state index contributed by atoms with van der Waals surface area (Å²) >= 11 is 1.33. The van der Waals surface area contributed by atoms with Crippen LogP contribution in [0.4, 0.5) is 8.78 Å². The SMILES string of the molecule is CCOC(=O)c1cn(-c2cccs2)c2cc(F)c(F)cc2c1=O. The number of nitrogens with zero attached hydrogens (tertiary/aromatic N) is 1. The molecule has 1 aromatic carbocycles. The number of hydrogen-bond acceptors (Lipinski definition) is 4. The van der Waals surface area contributed by atoms with E-state index >= 15 is 0 Å². The molecule has 0 aliphatic carbocycles. The van der Waals surface area contributed by atoms with Crippen LogP contribution >= 0.6 is 11.3 Å². The molecule has 0 spiro atoms. The van der Waals surface area contributed by atoms with Crippen molar-refractivity contribution in [2.24, 2.45) is 0 Å². The van der Waals surface area contributed by atoms with Gasteiger partial charge in [0.25, 0.3) is 0 Å². The summed E-state index contributed by atoms with van der Waals surface area (Å²) in [7, 11) is 0. The van der Waals surface area contributed by atoms with Gasteiger partial charge in [0.1, 0.15) is 5.56 Å². The lowest BCUT2D eigenvalue weighted by Gasteiger charge is -2.12. The highest BCUT2D eigenvalue weighted by Gasteiger charge is 2.19. The number of carbonyl (C=O) groups is 1. The molecule has 0 saturated heterocycles. The summed E-state index contributed by atoms with van der Waals surface area (Å²) in [6.07, 6.45) is 1.30. The molecule has 4 nitrogen and oxygen atoms in total. The lowest BCUT2D eigenvalue weighted by molar-refractivity contribution is 0.0524. The molecule has 2 aromatic heterocycles. The molecule has 7 heteroatoms. The normalized spacial score (nSPS) is 10.9. The zero-order valence-electron chi connectivity index (χ0n) is 12.0. The second-order valence-electron chi connectivity index (χ2n) is 4.70. The minimum atomic E-state index is -1.15. The van der Waals surface area contributed by atoms with Crippen LogP contribution in [0, 0.1) is 11.6 Å². The Kier molecular flexibility index (Phi) is 3.96. The van der Waals surface area contributed by atoms with E-state index < -0.39 is 23.0 Å². The Bertz CT molecular complexity index is 948. The number of fused-ring (bicyclic) bond motifs is 1. The summed E-state index contributed by atoms with van der Waals surface area (Å²) in [5.41, 5.74) is -0.728. The Morgan fingerprint density at radius 3 is 2.70 bits per heavy atom. The van der Waals surface area contributed by atoms with E-state index in [1.165, 1.54) is 22.1 Å². The number of ether oxygens (including phenoxy) is 1. The third-order valence-electron chi connectivity index (χ3n) is 3.28. The number of aromatic nitrogens is 1. The van der Waals surface area contributed by atoms with Gasteiger partial charge < -0.3 is 9.30 Å². The van der Waals surface area contributed by atoms with Crippen LogP contribution in [0.2, 0.25) is 0 Å². The largest absolute Gasteiger partial charge is 0.462 e. The van der Waals surface area contributed by atoms with Crippen LogP contribution in [0.15, 0.2) is 40.6 Å². The summed E-state index contributed by atoms with van der Waals surface area (Å²) < 4.78 is 33.5. The highest BCUT2D eigenvalue weighted by molar-refractivity contribution is 7.12. The van der Waals surface area contributed by atoms with Gasteiger partial charge in [0.15, 0.2) is 11.6 Å². The van der Waals surface area contributed by atoms with Gasteiger partial charge in [-0.05, 0) is 30.5 Å². The Hall–Kier alpha value is -2.54. The fraction of sp³-hybridized carbons (Fsp3) is 0.125. The maximum Gasteiger partial charge on any atom is 0.343 e. The van der Waals surface area contributed by atoms with Crippen LogP contribution in [0.1, 0.15) is 17.3 Å². The molecule has 3 aromatic rings. The van der Waals surface area contributed by atoms with Crippen LogP contribution in [0.3, 0.4) is 0 Å². The summed E-state index contributed by atoms with van der Waals surface area (Å²) in [6.45, 7) is 1.72. The van der Waals surface area contributed by atoms with Gasteiger partial charge in [0.2, 0.25) is 5.43 Å². The average Bonchev–Trinajstić information content (AvgIpc) is 3.04. The number of thiophene rings is 1. The van der Waals surface area contributed by atoms with E-state index in [4.69, 9.17) is 4.74 Å². The number of pyridine rings is 1. The van der Waals surface area contributed by atoms with Crippen molar-refractivity contribution < 1.29 is 18.3 Å². The molecule has 0 saturated carbocycles. The predicted molar refractivity (Wildman–Crippen MR) is 83.3 cm³/mol. The Morgan fingerprint density at radius 1 is 1.30 bits per heavy atom. The van der Waals surface area contributed by atoms with Crippen molar-refractivity contribution in [3.63, 3.8) is 0 Å². The number of benzene rings is 1. The van der Waals surface area contributed by atoms with Gasteiger partial charge in [-0.2, -0.15) is 0 Å². The number of esters is 1. The summed E-state index contributed by atoms with van der Waals surface area (Å²) in [5, 5.41) is 2.37. The quantitative estimate of drug-likeness (QED) is 0.688. The maximum absolute atomic E-state index is 13.6. The summed E-state index contributed by atoms with van der Waals surface area (Å²) in [6, 6.07) is 5.26. The number of rotatable bonds is 3. The van der Waals surface area contributed by atoms with Gasteiger partial charge in [0, 0.05) is 12.3 Å². The molecule has 0 fully saturated rings. The van der Waals surface area contributed by atoms with E-state index in [1.54, 1.807) is 24.4 Å². The van der Waals surface area contributed by atoms with Crippen molar-refractivity contribution in [3.8, 4) is 5.00 Å². The minimum absolute atomic E-state index is 0.0807. The van der Waals surface area contributed by atoms with Gasteiger partial charge in [-0.15, -0.1) is 11.3 Å². The van der Waals surface area contributed by atoms with Gasteiger partial charge in [0.05, 0.1) is 22.5 Å². The van der Waals surface area contributed by atoms with Crippen molar-refractivity contribution in [3.05, 3.63) is 63.3 Å². The molecular weight excluding hydrogens is 324 g/mol. The summed E-state index contributed by atoms with van der Waals surface area (Å²) in [5.74, 6) is -3.01. The lowest BCUT2D eigenvalue weighted by Crippen LogP contribution is -2.20. The molecule has 0 radical (unpaired) electrons. The van der Waals surface area contributed by atoms with E-state index in [2.05, 4.69) is 0 Å². The fourth-order valence-electron chi connectivity index (χ4n) is 2.26. The van der Waals surface area contributed by atoms with E-state index in [9.17, 15) is 18.4 Å². The predicted octanol–water partition coefficient (Wildman–Crippen LogP) is 3.51. The van der Waals surface area contributed by atoms with Crippen LogP contribution < -0.4 is 5.43 Å². The van der Waals surface area contributed by atoms with Crippen molar-refractivity contribution in [2.75, 3.05) is 6.61 Å². The van der Waals surface area contributed by atoms with Crippen molar-refractivity contribution in [1.29, 1.82) is 0 Å². The molecule has 0 atom stereocenters. The maximum atomic E-state index is 13.6. The van der Waals surface area contributed by atoms with Crippen LogP contribution in [0.25, 0.3) is 15.9 Å². The van der Waals surface area contributed by atoms with Gasteiger partial charge in [-0.3, -0.25) is 4.79 Å². The van der Waals surface area contributed by atoms with E-state index in [0.717, 1.165) is 12.1 Å². The molecule has 0 aliphatic heterocycles. The first-order valence-corrected chi connectivity index (χ1v) is 7.66. The fourth-order valence-corrected chi connectivity index (χ4v) is 2.98. The molecule has 118 valence electrons. The van der Waals surface area contributed by atoms with Crippen molar-refractivity contribution in [1.82, 2.24) is 4.57 Å².